The van der Waals surface area contributed by atoms with Crippen molar-refractivity contribution in [2.75, 3.05) is 20.1 Å². The van der Waals surface area contributed by atoms with Gasteiger partial charge < -0.3 is 5.32 Å². The Balaban J connectivity index is 1.70. The summed E-state index contributed by atoms with van der Waals surface area (Å²) in [5.41, 5.74) is 1.91. The van der Waals surface area contributed by atoms with Gasteiger partial charge in [-0.05, 0) is 38.1 Å². The Kier molecular flexibility index (Phi) is 6.81. The van der Waals surface area contributed by atoms with Crippen molar-refractivity contribution in [1.29, 1.82) is 0 Å². The van der Waals surface area contributed by atoms with Crippen molar-refractivity contribution in [3.8, 4) is 0 Å². The van der Waals surface area contributed by atoms with E-state index in [1.807, 2.05) is 11.9 Å². The van der Waals surface area contributed by atoms with Crippen molar-refractivity contribution in [3.63, 3.8) is 0 Å². The number of hydrogen-bond donors (Lipinski definition) is 1. The van der Waals surface area contributed by atoms with Crippen molar-refractivity contribution in [1.82, 2.24) is 20.2 Å². The molecule has 1 N–H and O–H groups in total. The molecule has 0 aliphatic heterocycles. The van der Waals surface area contributed by atoms with Gasteiger partial charge in [0.05, 0.1) is 12.2 Å². The lowest BCUT2D eigenvalue weighted by atomic mass is 10.1. The maximum Gasteiger partial charge on any atom is 0.234 e. The summed E-state index contributed by atoms with van der Waals surface area (Å²) in [5.74, 6) is -0.271. The second kappa shape index (κ2) is 9.08. The van der Waals surface area contributed by atoms with Crippen LogP contribution in [0.25, 0.3) is 0 Å². The van der Waals surface area contributed by atoms with Crippen LogP contribution >= 0.6 is 0 Å². The number of rotatable bonds is 8. The van der Waals surface area contributed by atoms with Gasteiger partial charge >= 0.3 is 0 Å². The molecule has 24 heavy (non-hydrogen) atoms. The van der Waals surface area contributed by atoms with Gasteiger partial charge in [0, 0.05) is 37.6 Å². The molecular weight excluding hydrogens is 307 g/mol. The number of benzene rings is 1. The zero-order valence-corrected chi connectivity index (χ0v) is 14.1. The largest absolute Gasteiger partial charge is 0.355 e. The summed E-state index contributed by atoms with van der Waals surface area (Å²) >= 11 is 0. The molecule has 0 radical (unpaired) electrons. The molecule has 0 aliphatic carbocycles. The third-order valence-electron chi connectivity index (χ3n) is 3.92. The van der Waals surface area contributed by atoms with Gasteiger partial charge in [-0.3, -0.25) is 19.7 Å². The molecule has 0 bridgehead atoms. The fourth-order valence-corrected chi connectivity index (χ4v) is 2.33. The summed E-state index contributed by atoms with van der Waals surface area (Å²) in [7, 11) is 1.92. The predicted molar refractivity (Wildman–Crippen MR) is 90.9 cm³/mol. The minimum Gasteiger partial charge on any atom is -0.355 e. The Bertz CT molecular complexity index is 633. The van der Waals surface area contributed by atoms with Crippen LogP contribution < -0.4 is 5.32 Å². The highest BCUT2D eigenvalue weighted by Crippen LogP contribution is 2.04. The number of carbonyl (C=O) groups excluding carboxylic acids is 1. The molecule has 1 atom stereocenters. The summed E-state index contributed by atoms with van der Waals surface area (Å²) in [5, 5.41) is 2.89. The molecule has 128 valence electrons. The minimum atomic E-state index is -0.249. The van der Waals surface area contributed by atoms with Crippen LogP contribution in [0.4, 0.5) is 4.39 Å². The second-order valence-electron chi connectivity index (χ2n) is 5.89. The second-order valence-corrected chi connectivity index (χ2v) is 5.89. The van der Waals surface area contributed by atoms with Crippen LogP contribution in [0.5, 0.6) is 0 Å². The van der Waals surface area contributed by atoms with Crippen LogP contribution in [0.1, 0.15) is 18.2 Å². The number of likely N-dealkylation sites (N-methyl/N-ethyl adjacent to an activating group) is 1. The number of nitrogens with zero attached hydrogens (tertiary/aromatic N) is 3. The number of nitrogens with one attached hydrogen (secondary N) is 1. The minimum absolute atomic E-state index is 0.0226. The monoisotopic (exact) mass is 330 g/mol. The van der Waals surface area contributed by atoms with Crippen LogP contribution in [-0.4, -0.2) is 47.0 Å². The summed E-state index contributed by atoms with van der Waals surface area (Å²) < 4.78 is 12.8. The molecule has 2 rings (SSSR count). The van der Waals surface area contributed by atoms with Gasteiger partial charge in [0.1, 0.15) is 5.82 Å². The van der Waals surface area contributed by atoms with E-state index in [4.69, 9.17) is 0 Å². The van der Waals surface area contributed by atoms with E-state index in [1.165, 1.54) is 12.1 Å². The summed E-state index contributed by atoms with van der Waals surface area (Å²) in [6.45, 7) is 2.92. The van der Waals surface area contributed by atoms with Crippen LogP contribution in [0, 0.1) is 5.82 Å². The van der Waals surface area contributed by atoms with Gasteiger partial charge in [-0.25, -0.2) is 4.39 Å². The van der Waals surface area contributed by atoms with Gasteiger partial charge in [0.15, 0.2) is 0 Å². The Hall–Kier alpha value is -2.34. The molecule has 0 aliphatic rings. The molecule has 0 fully saturated rings. The number of amides is 1. The Labute approximate surface area is 141 Å². The SMILES string of the molecule is C[C@H](Cc1cnccn1)N(C)CC(=O)NCCc1ccc(F)cc1. The standard InChI is InChI=1S/C18H23FN4O/c1-14(11-17-12-20-9-10-21-17)23(2)13-18(24)22-8-7-15-3-5-16(19)6-4-15/h3-6,9-10,12,14H,7-8,11,13H2,1-2H3,(H,22,24)/t14-/m1/s1. The lowest BCUT2D eigenvalue weighted by Crippen LogP contribution is -2.40. The highest BCUT2D eigenvalue weighted by atomic mass is 19.1. The first-order chi connectivity index (χ1) is 11.5. The maximum atomic E-state index is 12.8. The molecule has 2 aromatic rings. The maximum absolute atomic E-state index is 12.8. The van der Waals surface area contributed by atoms with Gasteiger partial charge in [0.2, 0.25) is 5.91 Å². The quantitative estimate of drug-likeness (QED) is 0.802. The van der Waals surface area contributed by atoms with E-state index in [0.717, 1.165) is 17.7 Å². The van der Waals surface area contributed by atoms with Crippen molar-refractivity contribution in [2.24, 2.45) is 0 Å². The van der Waals surface area contributed by atoms with E-state index < -0.39 is 0 Å². The summed E-state index contributed by atoms with van der Waals surface area (Å²) in [6, 6.07) is 6.51. The molecular formula is C18H23FN4O. The zero-order valence-electron chi connectivity index (χ0n) is 14.1. The van der Waals surface area contributed by atoms with E-state index in [0.29, 0.717) is 19.5 Å². The highest BCUT2D eigenvalue weighted by molar-refractivity contribution is 5.78. The number of halogens is 1. The van der Waals surface area contributed by atoms with Gasteiger partial charge in [-0.2, -0.15) is 0 Å². The van der Waals surface area contributed by atoms with Crippen LogP contribution in [0.2, 0.25) is 0 Å². The van der Waals surface area contributed by atoms with E-state index in [1.54, 1.807) is 30.7 Å². The molecule has 0 saturated carbocycles. The lowest BCUT2D eigenvalue weighted by Gasteiger charge is -2.23. The van der Waals surface area contributed by atoms with Crippen LogP contribution in [-0.2, 0) is 17.6 Å². The van der Waals surface area contributed by atoms with Gasteiger partial charge in [-0.15, -0.1) is 0 Å². The third-order valence-corrected chi connectivity index (χ3v) is 3.92. The molecule has 0 unspecified atom stereocenters. The molecule has 1 heterocycles. The Morgan fingerprint density at radius 2 is 2.04 bits per heavy atom. The van der Waals surface area contributed by atoms with Gasteiger partial charge in [-0.1, -0.05) is 12.1 Å². The molecule has 6 heteroatoms. The third kappa shape index (κ3) is 6.04. The summed E-state index contributed by atoms with van der Waals surface area (Å²) in [6.07, 6.45) is 6.49. The summed E-state index contributed by atoms with van der Waals surface area (Å²) in [4.78, 5) is 22.3. The fraction of sp³-hybridized carbons (Fsp3) is 0.389. The Morgan fingerprint density at radius 3 is 2.71 bits per heavy atom. The fourth-order valence-electron chi connectivity index (χ4n) is 2.33. The topological polar surface area (TPSA) is 58.1 Å². The van der Waals surface area contributed by atoms with Crippen molar-refractivity contribution in [2.45, 2.75) is 25.8 Å². The molecule has 1 aromatic carbocycles. The Morgan fingerprint density at radius 1 is 1.29 bits per heavy atom. The lowest BCUT2D eigenvalue weighted by molar-refractivity contribution is -0.122. The molecule has 1 amide bonds. The highest BCUT2D eigenvalue weighted by Gasteiger charge is 2.14. The van der Waals surface area contributed by atoms with Crippen molar-refractivity contribution < 1.29 is 9.18 Å². The molecule has 0 saturated heterocycles. The molecule has 1 aromatic heterocycles. The van der Waals surface area contributed by atoms with Crippen molar-refractivity contribution >= 4 is 5.91 Å². The zero-order chi connectivity index (χ0) is 17.4. The van der Waals surface area contributed by atoms with E-state index >= 15 is 0 Å². The first-order valence-electron chi connectivity index (χ1n) is 8.01. The molecule has 5 nitrogen and oxygen atoms in total. The average molecular weight is 330 g/mol. The van der Waals surface area contributed by atoms with E-state index in [-0.39, 0.29) is 17.8 Å². The van der Waals surface area contributed by atoms with E-state index in [9.17, 15) is 9.18 Å². The number of aromatic nitrogens is 2. The molecule has 0 spiro atoms. The van der Waals surface area contributed by atoms with Crippen LogP contribution in [0.3, 0.4) is 0 Å². The van der Waals surface area contributed by atoms with Gasteiger partial charge in [0.25, 0.3) is 0 Å². The average Bonchev–Trinajstić information content (AvgIpc) is 2.57. The first kappa shape index (κ1) is 18.0. The number of hydrogen-bond acceptors (Lipinski definition) is 4. The van der Waals surface area contributed by atoms with Crippen molar-refractivity contribution in [3.05, 3.63) is 59.9 Å². The normalized spacial score (nSPS) is 12.2. The van der Waals surface area contributed by atoms with Crippen LogP contribution in [0.15, 0.2) is 42.9 Å². The first-order valence-corrected chi connectivity index (χ1v) is 8.01. The smallest absolute Gasteiger partial charge is 0.234 e. The predicted octanol–water partition coefficient (Wildman–Crippen LogP) is 1.84. The number of carbonyl (C=O) groups is 1. The van der Waals surface area contributed by atoms with E-state index in [2.05, 4.69) is 22.2 Å².